The van der Waals surface area contributed by atoms with Crippen molar-refractivity contribution in [1.29, 1.82) is 0 Å². The van der Waals surface area contributed by atoms with Gasteiger partial charge in [0.05, 0.1) is 12.3 Å². The summed E-state index contributed by atoms with van der Waals surface area (Å²) < 4.78 is 12.9. The lowest BCUT2D eigenvalue weighted by atomic mass is 10.1. The van der Waals surface area contributed by atoms with Crippen molar-refractivity contribution in [2.45, 2.75) is 31.7 Å². The highest BCUT2D eigenvalue weighted by atomic mass is 35.5. The molecular weight excluding hydrogens is 285 g/mol. The quantitative estimate of drug-likeness (QED) is 0.897. The normalized spacial score (nSPS) is 21.7. The zero-order valence-electron chi connectivity index (χ0n) is 10.7. The molecule has 20 heavy (non-hydrogen) atoms. The fraction of sp³-hybridized carbons (Fsp3) is 0.429. The fourth-order valence-corrected chi connectivity index (χ4v) is 2.69. The van der Waals surface area contributed by atoms with Crippen LogP contribution in [0.4, 0.5) is 4.39 Å². The van der Waals surface area contributed by atoms with E-state index in [1.807, 2.05) is 0 Å². The predicted molar refractivity (Wildman–Crippen MR) is 72.0 cm³/mol. The Morgan fingerprint density at radius 3 is 2.75 bits per heavy atom. The molecule has 0 heterocycles. The monoisotopic (exact) mass is 299 g/mol. The first kappa shape index (κ1) is 14.8. The molecule has 0 aromatic heterocycles. The first-order chi connectivity index (χ1) is 9.45. The van der Waals surface area contributed by atoms with Crippen LogP contribution in [0.2, 0.25) is 5.02 Å². The minimum absolute atomic E-state index is 0.0628. The van der Waals surface area contributed by atoms with Gasteiger partial charge in [0.25, 0.3) is 0 Å². The second-order valence-electron chi connectivity index (χ2n) is 5.03. The summed E-state index contributed by atoms with van der Waals surface area (Å²) in [5.74, 6) is -1.87. The average Bonchev–Trinajstić information content (AvgIpc) is 2.81. The summed E-state index contributed by atoms with van der Waals surface area (Å²) in [5, 5.41) is 11.9. The zero-order chi connectivity index (χ0) is 14.7. The van der Waals surface area contributed by atoms with Gasteiger partial charge in [-0.15, -0.1) is 0 Å². The van der Waals surface area contributed by atoms with E-state index in [4.69, 9.17) is 16.7 Å². The van der Waals surface area contributed by atoms with E-state index in [0.29, 0.717) is 24.8 Å². The first-order valence-electron chi connectivity index (χ1n) is 6.42. The van der Waals surface area contributed by atoms with Gasteiger partial charge in [0.1, 0.15) is 5.82 Å². The highest BCUT2D eigenvalue weighted by Crippen LogP contribution is 2.26. The Labute approximate surface area is 120 Å². The number of aliphatic carboxylic acids is 1. The van der Waals surface area contributed by atoms with Gasteiger partial charge in [0, 0.05) is 11.1 Å². The highest BCUT2D eigenvalue weighted by Gasteiger charge is 2.30. The summed E-state index contributed by atoms with van der Waals surface area (Å²) in [6.07, 6.45) is 1.77. The molecular formula is C14H15ClFNO3. The smallest absolute Gasteiger partial charge is 0.306 e. The average molecular weight is 300 g/mol. The maximum Gasteiger partial charge on any atom is 0.306 e. The first-order valence-corrected chi connectivity index (χ1v) is 6.79. The minimum Gasteiger partial charge on any atom is -0.481 e. The van der Waals surface area contributed by atoms with Crippen molar-refractivity contribution in [2.75, 3.05) is 0 Å². The van der Waals surface area contributed by atoms with Crippen LogP contribution in [0.5, 0.6) is 0 Å². The van der Waals surface area contributed by atoms with Gasteiger partial charge in [-0.05, 0) is 37.0 Å². The summed E-state index contributed by atoms with van der Waals surface area (Å²) >= 11 is 5.86. The molecule has 0 unspecified atom stereocenters. The van der Waals surface area contributed by atoms with E-state index < -0.39 is 11.8 Å². The molecule has 1 saturated carbocycles. The number of rotatable bonds is 4. The van der Waals surface area contributed by atoms with Crippen LogP contribution < -0.4 is 5.32 Å². The lowest BCUT2D eigenvalue weighted by Crippen LogP contribution is -2.34. The maximum absolute atomic E-state index is 12.9. The van der Waals surface area contributed by atoms with Crippen molar-refractivity contribution in [3.8, 4) is 0 Å². The lowest BCUT2D eigenvalue weighted by Gasteiger charge is -2.13. The molecule has 1 aliphatic carbocycles. The van der Waals surface area contributed by atoms with Gasteiger partial charge in [-0.25, -0.2) is 4.39 Å². The van der Waals surface area contributed by atoms with E-state index >= 15 is 0 Å². The summed E-state index contributed by atoms with van der Waals surface area (Å²) in [5.41, 5.74) is 0.554. The molecule has 1 aliphatic rings. The molecule has 1 aromatic carbocycles. The second kappa shape index (κ2) is 6.22. The van der Waals surface area contributed by atoms with Crippen LogP contribution in [0.25, 0.3) is 0 Å². The van der Waals surface area contributed by atoms with E-state index in [1.165, 1.54) is 18.2 Å². The largest absolute Gasteiger partial charge is 0.481 e. The van der Waals surface area contributed by atoms with Crippen molar-refractivity contribution < 1.29 is 19.1 Å². The van der Waals surface area contributed by atoms with Crippen molar-refractivity contribution in [3.63, 3.8) is 0 Å². The molecule has 1 amide bonds. The molecule has 4 nitrogen and oxygen atoms in total. The minimum atomic E-state index is -0.816. The number of nitrogens with one attached hydrogen (secondary N) is 1. The van der Waals surface area contributed by atoms with E-state index in [-0.39, 0.29) is 29.3 Å². The molecule has 0 aliphatic heterocycles. The fourth-order valence-electron chi connectivity index (χ4n) is 2.45. The Balaban J connectivity index is 1.88. The number of carboxylic acid groups (broad SMARTS) is 1. The summed E-state index contributed by atoms with van der Waals surface area (Å²) in [4.78, 5) is 22.7. The summed E-state index contributed by atoms with van der Waals surface area (Å²) in [6, 6.07) is 3.79. The number of hydrogen-bond donors (Lipinski definition) is 2. The third-order valence-corrected chi connectivity index (χ3v) is 3.86. The van der Waals surface area contributed by atoms with Crippen LogP contribution in [-0.2, 0) is 16.0 Å². The topological polar surface area (TPSA) is 66.4 Å². The van der Waals surface area contributed by atoms with Gasteiger partial charge in [-0.1, -0.05) is 17.7 Å². The molecule has 1 fully saturated rings. The van der Waals surface area contributed by atoms with Gasteiger partial charge in [0.2, 0.25) is 5.91 Å². The molecule has 0 radical (unpaired) electrons. The molecule has 2 atom stereocenters. The van der Waals surface area contributed by atoms with Crippen LogP contribution >= 0.6 is 11.6 Å². The molecule has 1 aromatic rings. The Morgan fingerprint density at radius 1 is 1.40 bits per heavy atom. The number of amides is 1. The van der Waals surface area contributed by atoms with E-state index in [9.17, 15) is 14.0 Å². The molecule has 2 N–H and O–H groups in total. The van der Waals surface area contributed by atoms with Gasteiger partial charge in [-0.2, -0.15) is 0 Å². The SMILES string of the molecule is O=C(Cc1ccc(F)cc1Cl)N[C@H]1CC[C@@H](C(=O)O)C1. The third-order valence-electron chi connectivity index (χ3n) is 3.51. The van der Waals surface area contributed by atoms with Crippen LogP contribution in [-0.4, -0.2) is 23.0 Å². The zero-order valence-corrected chi connectivity index (χ0v) is 11.5. The van der Waals surface area contributed by atoms with Gasteiger partial charge in [0.15, 0.2) is 0 Å². The van der Waals surface area contributed by atoms with E-state index in [2.05, 4.69) is 5.32 Å². The van der Waals surface area contributed by atoms with E-state index in [0.717, 1.165) is 0 Å². The number of halogens is 2. The third kappa shape index (κ3) is 3.70. The highest BCUT2D eigenvalue weighted by molar-refractivity contribution is 6.31. The molecule has 0 bridgehead atoms. The standard InChI is InChI=1S/C14H15ClFNO3/c15-12-7-10(16)3-1-8(12)6-13(18)17-11-4-2-9(5-11)14(19)20/h1,3,7,9,11H,2,4-6H2,(H,17,18)(H,19,20)/t9-,11+/m1/s1. The van der Waals surface area contributed by atoms with Crippen molar-refractivity contribution in [2.24, 2.45) is 5.92 Å². The Kier molecular flexibility index (Phi) is 4.60. The van der Waals surface area contributed by atoms with Crippen LogP contribution in [0, 0.1) is 11.7 Å². The number of hydrogen-bond acceptors (Lipinski definition) is 2. The number of carbonyl (C=O) groups excluding carboxylic acids is 1. The Morgan fingerprint density at radius 2 is 2.15 bits per heavy atom. The summed E-state index contributed by atoms with van der Waals surface area (Å²) in [7, 11) is 0. The Bertz CT molecular complexity index is 535. The van der Waals surface area contributed by atoms with Crippen molar-refractivity contribution in [1.82, 2.24) is 5.32 Å². The molecule has 2 rings (SSSR count). The van der Waals surface area contributed by atoms with Gasteiger partial charge >= 0.3 is 5.97 Å². The maximum atomic E-state index is 12.9. The summed E-state index contributed by atoms with van der Waals surface area (Å²) in [6.45, 7) is 0. The number of carbonyl (C=O) groups is 2. The van der Waals surface area contributed by atoms with Crippen molar-refractivity contribution >= 4 is 23.5 Å². The van der Waals surface area contributed by atoms with Crippen LogP contribution in [0.3, 0.4) is 0 Å². The van der Waals surface area contributed by atoms with Gasteiger partial charge < -0.3 is 10.4 Å². The number of benzene rings is 1. The van der Waals surface area contributed by atoms with Crippen LogP contribution in [0.15, 0.2) is 18.2 Å². The lowest BCUT2D eigenvalue weighted by molar-refractivity contribution is -0.141. The number of carboxylic acids is 1. The predicted octanol–water partition coefficient (Wildman–Crippen LogP) is 2.39. The molecule has 0 spiro atoms. The Hall–Kier alpha value is -1.62. The molecule has 0 saturated heterocycles. The van der Waals surface area contributed by atoms with Crippen LogP contribution in [0.1, 0.15) is 24.8 Å². The molecule has 108 valence electrons. The van der Waals surface area contributed by atoms with E-state index in [1.54, 1.807) is 0 Å². The van der Waals surface area contributed by atoms with Gasteiger partial charge in [-0.3, -0.25) is 9.59 Å². The molecule has 6 heteroatoms. The van der Waals surface area contributed by atoms with Crippen molar-refractivity contribution in [3.05, 3.63) is 34.6 Å². The second-order valence-corrected chi connectivity index (χ2v) is 5.43.